The van der Waals surface area contributed by atoms with Crippen LogP contribution in [0, 0.1) is 0 Å². The number of hydrogen-bond acceptors (Lipinski definition) is 6. The van der Waals surface area contributed by atoms with Gasteiger partial charge in [-0.2, -0.15) is 0 Å². The molecule has 2 unspecified atom stereocenters. The van der Waals surface area contributed by atoms with E-state index in [0.29, 0.717) is 13.0 Å². The van der Waals surface area contributed by atoms with Crippen molar-refractivity contribution in [1.29, 1.82) is 0 Å². The molecule has 2 aromatic carbocycles. The summed E-state index contributed by atoms with van der Waals surface area (Å²) >= 11 is 0. The zero-order valence-corrected chi connectivity index (χ0v) is 20.3. The lowest BCUT2D eigenvalue weighted by atomic mass is 9.98. The van der Waals surface area contributed by atoms with Crippen molar-refractivity contribution in [2.75, 3.05) is 33.8 Å². The fourth-order valence-corrected chi connectivity index (χ4v) is 4.23. The summed E-state index contributed by atoms with van der Waals surface area (Å²) < 4.78 is 5.55. The Balaban J connectivity index is 1.63. The van der Waals surface area contributed by atoms with Gasteiger partial charge in [-0.25, -0.2) is 4.79 Å². The summed E-state index contributed by atoms with van der Waals surface area (Å²) in [6.07, 6.45) is -0.928. The number of carboxylic acid groups (broad SMARTS) is 1. The molecule has 35 heavy (non-hydrogen) atoms. The van der Waals surface area contributed by atoms with E-state index in [1.807, 2.05) is 55.4 Å². The fraction of sp³-hybridized carbons (Fsp3) is 0.423. The SMILES string of the molecule is CN(C)CCC(NC(=O)OCC1c2ccccc2-c2ccccc21)C(=O)NCC(C)(O)CC(=O)O. The topological polar surface area (TPSA) is 128 Å². The number of fused-ring (bicyclic) bond motifs is 3. The Morgan fingerprint density at radius 2 is 1.63 bits per heavy atom. The van der Waals surface area contributed by atoms with E-state index >= 15 is 0 Å². The smallest absolute Gasteiger partial charge is 0.407 e. The number of aliphatic hydroxyl groups is 1. The van der Waals surface area contributed by atoms with Crippen LogP contribution in [0.3, 0.4) is 0 Å². The van der Waals surface area contributed by atoms with Crippen LogP contribution in [-0.2, 0) is 14.3 Å². The number of carbonyl (C=O) groups excluding carboxylic acids is 2. The molecule has 4 N–H and O–H groups in total. The summed E-state index contributed by atoms with van der Waals surface area (Å²) in [6, 6.07) is 15.1. The molecule has 0 saturated carbocycles. The van der Waals surface area contributed by atoms with Crippen molar-refractivity contribution in [2.45, 2.75) is 37.3 Å². The van der Waals surface area contributed by atoms with Crippen molar-refractivity contribution in [2.24, 2.45) is 0 Å². The molecule has 188 valence electrons. The van der Waals surface area contributed by atoms with Gasteiger partial charge in [-0.15, -0.1) is 0 Å². The molecule has 9 nitrogen and oxygen atoms in total. The second-order valence-electron chi connectivity index (χ2n) is 9.40. The first-order valence-electron chi connectivity index (χ1n) is 11.6. The Labute approximate surface area is 205 Å². The molecule has 1 aliphatic carbocycles. The first-order chi connectivity index (χ1) is 16.6. The first kappa shape index (κ1) is 26.2. The third-order valence-corrected chi connectivity index (χ3v) is 5.99. The maximum Gasteiger partial charge on any atom is 0.407 e. The Hall–Kier alpha value is -3.43. The highest BCUT2D eigenvalue weighted by Crippen LogP contribution is 2.44. The van der Waals surface area contributed by atoms with Gasteiger partial charge < -0.3 is 30.5 Å². The molecule has 0 bridgehead atoms. The average Bonchev–Trinajstić information content (AvgIpc) is 3.11. The fourth-order valence-electron chi connectivity index (χ4n) is 4.23. The van der Waals surface area contributed by atoms with Crippen LogP contribution in [0.2, 0.25) is 0 Å². The van der Waals surface area contributed by atoms with Crippen molar-refractivity contribution in [3.05, 3.63) is 59.7 Å². The standard InChI is InChI=1S/C26H33N3O6/c1-26(34,14-23(30)31)16-27-24(32)22(12-13-29(2)3)28-25(33)35-15-21-19-10-6-4-8-17(19)18-9-5-7-11-20(18)21/h4-11,21-22,34H,12-16H2,1-3H3,(H,27,32)(H,28,33)(H,30,31). The lowest BCUT2D eigenvalue weighted by molar-refractivity contribution is -0.142. The molecule has 0 spiro atoms. The number of rotatable bonds is 11. The molecule has 2 amide bonds. The van der Waals surface area contributed by atoms with Gasteiger partial charge in [0.25, 0.3) is 0 Å². The van der Waals surface area contributed by atoms with Gasteiger partial charge in [0, 0.05) is 12.5 Å². The van der Waals surface area contributed by atoms with Gasteiger partial charge in [0.2, 0.25) is 5.91 Å². The van der Waals surface area contributed by atoms with E-state index in [9.17, 15) is 19.5 Å². The number of carbonyl (C=O) groups is 3. The number of alkyl carbamates (subject to hydrolysis) is 1. The molecule has 2 atom stereocenters. The van der Waals surface area contributed by atoms with E-state index in [0.717, 1.165) is 22.3 Å². The summed E-state index contributed by atoms with van der Waals surface area (Å²) in [6.45, 7) is 1.71. The molecule has 1 aliphatic rings. The zero-order valence-electron chi connectivity index (χ0n) is 20.3. The predicted octanol–water partition coefficient (Wildman–Crippen LogP) is 2.19. The second kappa shape index (κ2) is 11.3. The highest BCUT2D eigenvalue weighted by molar-refractivity contribution is 5.86. The maximum absolute atomic E-state index is 12.8. The average molecular weight is 484 g/mol. The minimum atomic E-state index is -1.61. The highest BCUT2D eigenvalue weighted by Gasteiger charge is 2.31. The highest BCUT2D eigenvalue weighted by atomic mass is 16.5. The van der Waals surface area contributed by atoms with E-state index in [4.69, 9.17) is 9.84 Å². The quantitative estimate of drug-likeness (QED) is 0.386. The molecule has 2 aromatic rings. The number of amides is 2. The van der Waals surface area contributed by atoms with Crippen LogP contribution in [0.25, 0.3) is 11.1 Å². The number of ether oxygens (including phenoxy) is 1. The van der Waals surface area contributed by atoms with Gasteiger partial charge in [-0.3, -0.25) is 9.59 Å². The summed E-state index contributed by atoms with van der Waals surface area (Å²) in [5, 5.41) is 24.2. The number of hydrogen-bond donors (Lipinski definition) is 4. The monoisotopic (exact) mass is 483 g/mol. The van der Waals surface area contributed by atoms with Gasteiger partial charge >= 0.3 is 12.1 Å². The lowest BCUT2D eigenvalue weighted by Gasteiger charge is -2.25. The van der Waals surface area contributed by atoms with Crippen LogP contribution in [-0.4, -0.2) is 78.5 Å². The van der Waals surface area contributed by atoms with Crippen LogP contribution >= 0.6 is 0 Å². The second-order valence-corrected chi connectivity index (χ2v) is 9.40. The van der Waals surface area contributed by atoms with Crippen molar-refractivity contribution >= 4 is 18.0 Å². The Kier molecular flexibility index (Phi) is 8.48. The van der Waals surface area contributed by atoms with E-state index < -0.39 is 36.0 Å². The predicted molar refractivity (Wildman–Crippen MR) is 131 cm³/mol. The van der Waals surface area contributed by atoms with Gasteiger partial charge in [-0.1, -0.05) is 48.5 Å². The van der Waals surface area contributed by atoms with Crippen molar-refractivity contribution < 1.29 is 29.3 Å². The normalized spacial score (nSPS) is 15.0. The van der Waals surface area contributed by atoms with Crippen LogP contribution in [0.5, 0.6) is 0 Å². The zero-order chi connectivity index (χ0) is 25.6. The molecule has 0 saturated heterocycles. The molecule has 0 aliphatic heterocycles. The molecule has 0 aromatic heterocycles. The largest absolute Gasteiger partial charge is 0.481 e. The molecular weight excluding hydrogens is 450 g/mol. The summed E-state index contributed by atoms with van der Waals surface area (Å²) in [5.41, 5.74) is 2.80. The van der Waals surface area contributed by atoms with Gasteiger partial charge in [0.15, 0.2) is 0 Å². The molecule has 0 radical (unpaired) electrons. The number of aliphatic carboxylic acids is 1. The van der Waals surface area contributed by atoms with E-state index in [-0.39, 0.29) is 19.1 Å². The Morgan fingerprint density at radius 1 is 1.06 bits per heavy atom. The number of benzene rings is 2. The molecule has 0 fully saturated rings. The Morgan fingerprint density at radius 3 is 2.17 bits per heavy atom. The van der Waals surface area contributed by atoms with E-state index in [2.05, 4.69) is 22.8 Å². The van der Waals surface area contributed by atoms with Crippen molar-refractivity contribution in [1.82, 2.24) is 15.5 Å². The number of carboxylic acids is 1. The van der Waals surface area contributed by atoms with Crippen LogP contribution < -0.4 is 10.6 Å². The van der Waals surface area contributed by atoms with Gasteiger partial charge in [-0.05, 0) is 56.2 Å². The van der Waals surface area contributed by atoms with E-state index in [1.165, 1.54) is 6.92 Å². The minimum absolute atomic E-state index is 0.103. The third-order valence-electron chi connectivity index (χ3n) is 5.99. The molecule has 0 heterocycles. The van der Waals surface area contributed by atoms with Gasteiger partial charge in [0.05, 0.1) is 12.0 Å². The number of nitrogens with zero attached hydrogens (tertiary/aromatic N) is 1. The van der Waals surface area contributed by atoms with Crippen LogP contribution in [0.15, 0.2) is 48.5 Å². The van der Waals surface area contributed by atoms with E-state index in [1.54, 1.807) is 0 Å². The summed E-state index contributed by atoms with van der Waals surface area (Å²) in [7, 11) is 3.69. The maximum atomic E-state index is 12.8. The Bertz CT molecular complexity index is 1020. The van der Waals surface area contributed by atoms with Crippen LogP contribution in [0.4, 0.5) is 4.79 Å². The van der Waals surface area contributed by atoms with Crippen LogP contribution in [0.1, 0.15) is 36.8 Å². The lowest BCUT2D eigenvalue weighted by Crippen LogP contribution is -2.51. The number of nitrogens with one attached hydrogen (secondary N) is 2. The first-order valence-corrected chi connectivity index (χ1v) is 11.6. The summed E-state index contributed by atoms with van der Waals surface area (Å²) in [4.78, 5) is 38.2. The molecule has 9 heteroatoms. The third kappa shape index (κ3) is 7.03. The molecular formula is C26H33N3O6. The minimum Gasteiger partial charge on any atom is -0.481 e. The summed E-state index contributed by atoms with van der Waals surface area (Å²) in [5.74, 6) is -1.80. The van der Waals surface area contributed by atoms with Crippen molar-refractivity contribution in [3.8, 4) is 11.1 Å². The van der Waals surface area contributed by atoms with Crippen molar-refractivity contribution in [3.63, 3.8) is 0 Å². The van der Waals surface area contributed by atoms with Gasteiger partial charge in [0.1, 0.15) is 12.6 Å². The molecule has 3 rings (SSSR count).